The van der Waals surface area contributed by atoms with Crippen molar-refractivity contribution in [2.45, 2.75) is 12.6 Å². The summed E-state index contributed by atoms with van der Waals surface area (Å²) in [6.45, 7) is 1.99. The first-order chi connectivity index (χ1) is 21.8. The van der Waals surface area contributed by atoms with Crippen LogP contribution in [0, 0.1) is 0 Å². The monoisotopic (exact) mass is 613 g/mol. The third-order valence-electron chi connectivity index (χ3n) is 7.00. The Hall–Kier alpha value is -6.06. The lowest BCUT2D eigenvalue weighted by Gasteiger charge is -2.31. The van der Waals surface area contributed by atoms with Crippen LogP contribution >= 0.6 is 0 Å². The molecule has 0 atom stereocenters. The number of urea groups is 1. The van der Waals surface area contributed by atoms with Gasteiger partial charge in [-0.3, -0.25) is 0 Å². The quantitative estimate of drug-likeness (QED) is 0.241. The van der Waals surface area contributed by atoms with Gasteiger partial charge in [0.05, 0.1) is 47.9 Å². The number of alkyl halides is 3. The van der Waals surface area contributed by atoms with Gasteiger partial charge in [-0.1, -0.05) is 12.1 Å². The predicted octanol–water partition coefficient (Wildman–Crippen LogP) is 5.43. The number of fused-ring (bicyclic) bond motifs is 1. The molecule has 2 aromatic carbocycles. The van der Waals surface area contributed by atoms with Crippen LogP contribution < -0.4 is 20.3 Å². The molecule has 4 aromatic heterocycles. The topological polar surface area (TPSA) is 140 Å². The molecule has 0 radical (unpaired) electrons. The molecule has 1 aliphatic heterocycles. The zero-order valence-corrected chi connectivity index (χ0v) is 23.2. The van der Waals surface area contributed by atoms with Crippen molar-refractivity contribution in [1.82, 2.24) is 39.6 Å². The molecule has 45 heavy (non-hydrogen) atoms. The van der Waals surface area contributed by atoms with Crippen molar-refractivity contribution in [3.8, 4) is 28.6 Å². The summed E-state index contributed by atoms with van der Waals surface area (Å²) in [5, 5.41) is 17.2. The van der Waals surface area contributed by atoms with Crippen LogP contribution in [-0.4, -0.2) is 58.7 Å². The van der Waals surface area contributed by atoms with Crippen LogP contribution in [0.3, 0.4) is 0 Å². The molecule has 0 unspecified atom stereocenters. The van der Waals surface area contributed by atoms with E-state index in [0.717, 1.165) is 59.0 Å². The number of anilines is 3. The van der Waals surface area contributed by atoms with Gasteiger partial charge in [-0.25, -0.2) is 24.3 Å². The molecule has 2 N–H and O–H groups in total. The van der Waals surface area contributed by atoms with Gasteiger partial charge >= 0.3 is 18.2 Å². The number of carbonyl (C=O) groups is 1. The molecule has 16 heteroatoms. The average molecular weight is 614 g/mol. The van der Waals surface area contributed by atoms with Gasteiger partial charge in [0.2, 0.25) is 0 Å². The summed E-state index contributed by atoms with van der Waals surface area (Å²) in [4.78, 5) is 29.0. The summed E-state index contributed by atoms with van der Waals surface area (Å²) in [6.07, 6.45) is 5.55. The van der Waals surface area contributed by atoms with Gasteiger partial charge in [-0.05, 0) is 48.4 Å². The van der Waals surface area contributed by atoms with E-state index in [2.05, 4.69) is 40.8 Å². The molecular weight excluding hydrogens is 591 g/mol. The molecule has 1 aliphatic rings. The molecular formula is C29H22F3N11O2. The summed E-state index contributed by atoms with van der Waals surface area (Å²) < 4.78 is 47.4. The highest BCUT2D eigenvalue weighted by molar-refractivity contribution is 6.00. The Labute approximate surface area is 252 Å². The lowest BCUT2D eigenvalue weighted by atomic mass is 10.1. The minimum Gasteiger partial charge on any atom is -0.424 e. The Morgan fingerprint density at radius 3 is 2.33 bits per heavy atom. The van der Waals surface area contributed by atoms with E-state index in [1.165, 1.54) is 30.9 Å². The fraction of sp³-hybridized carbons (Fsp3) is 0.138. The summed E-state index contributed by atoms with van der Waals surface area (Å²) in [5.41, 5.74) is 1.77. The van der Waals surface area contributed by atoms with E-state index in [-0.39, 0.29) is 23.1 Å². The third-order valence-corrected chi connectivity index (χ3v) is 7.00. The second kappa shape index (κ2) is 11.2. The van der Waals surface area contributed by atoms with Crippen LogP contribution in [-0.2, 0) is 6.18 Å². The third kappa shape index (κ3) is 5.80. The maximum absolute atomic E-state index is 13.3. The number of benzene rings is 2. The molecule has 5 heterocycles. The number of nitrogens with one attached hydrogen (secondary N) is 2. The summed E-state index contributed by atoms with van der Waals surface area (Å²) in [7, 11) is 0. The highest BCUT2D eigenvalue weighted by atomic mass is 19.4. The first-order valence-corrected chi connectivity index (χ1v) is 13.7. The van der Waals surface area contributed by atoms with E-state index in [1.54, 1.807) is 22.8 Å². The summed E-state index contributed by atoms with van der Waals surface area (Å²) >= 11 is 0. The zero-order chi connectivity index (χ0) is 31.0. The molecule has 0 spiro atoms. The average Bonchev–Trinajstić information content (AvgIpc) is 3.68. The second-order valence-corrected chi connectivity index (χ2v) is 9.96. The Balaban J connectivity index is 1.01. The molecule has 2 amide bonds. The number of amides is 2. The first kappa shape index (κ1) is 27.8. The Morgan fingerprint density at radius 1 is 0.889 bits per heavy atom. The largest absolute Gasteiger partial charge is 0.424 e. The molecule has 1 fully saturated rings. The lowest BCUT2D eigenvalue weighted by molar-refractivity contribution is -0.137. The van der Waals surface area contributed by atoms with Gasteiger partial charge < -0.3 is 20.3 Å². The summed E-state index contributed by atoms with van der Waals surface area (Å²) in [5.74, 6) is 1.40. The molecule has 0 aliphatic carbocycles. The van der Waals surface area contributed by atoms with Crippen molar-refractivity contribution in [3.63, 3.8) is 0 Å². The van der Waals surface area contributed by atoms with Crippen molar-refractivity contribution >= 4 is 28.9 Å². The Bertz CT molecular complexity index is 1970. The minimum absolute atomic E-state index is 0.0236. The van der Waals surface area contributed by atoms with Gasteiger partial charge in [-0.15, -0.1) is 4.80 Å². The van der Waals surface area contributed by atoms with E-state index in [1.807, 2.05) is 24.4 Å². The van der Waals surface area contributed by atoms with Crippen LogP contribution in [0.15, 0.2) is 85.7 Å². The Morgan fingerprint density at radius 2 is 1.64 bits per heavy atom. The van der Waals surface area contributed by atoms with Crippen LogP contribution in [0.5, 0.6) is 11.8 Å². The number of ether oxygens (including phenoxy) is 1. The van der Waals surface area contributed by atoms with Gasteiger partial charge in [0.25, 0.3) is 0 Å². The van der Waals surface area contributed by atoms with Crippen molar-refractivity contribution < 1.29 is 22.7 Å². The highest BCUT2D eigenvalue weighted by Crippen LogP contribution is 2.33. The standard InChI is InChI=1S/C29H22F3N11O2/c30-29(31,32)19-4-7-24(43-35-9-10-36-43)23(14-19)39-27(44)38-20-15-33-28(34-16-20)45-21-5-2-18(3-6-21)22-17-37-42-13-8-25(40-26(22)42)41-11-1-12-41/h2-10,13-17H,1,11-12H2,(H2,38,39,44). The van der Waals surface area contributed by atoms with Gasteiger partial charge in [0, 0.05) is 24.8 Å². The first-order valence-electron chi connectivity index (χ1n) is 13.7. The predicted molar refractivity (Wildman–Crippen MR) is 156 cm³/mol. The number of aromatic nitrogens is 8. The fourth-order valence-electron chi connectivity index (χ4n) is 4.64. The second-order valence-electron chi connectivity index (χ2n) is 9.96. The number of rotatable bonds is 7. The smallest absolute Gasteiger partial charge is 0.416 e. The zero-order valence-electron chi connectivity index (χ0n) is 23.2. The molecule has 6 aromatic rings. The molecule has 1 saturated heterocycles. The maximum Gasteiger partial charge on any atom is 0.416 e. The van der Waals surface area contributed by atoms with E-state index in [9.17, 15) is 18.0 Å². The van der Waals surface area contributed by atoms with Crippen LogP contribution in [0.4, 0.5) is 35.2 Å². The van der Waals surface area contributed by atoms with Crippen molar-refractivity contribution in [2.75, 3.05) is 28.6 Å². The van der Waals surface area contributed by atoms with Crippen LogP contribution in [0.25, 0.3) is 22.5 Å². The molecule has 7 rings (SSSR count). The summed E-state index contributed by atoms with van der Waals surface area (Å²) in [6, 6.07) is 11.3. The maximum atomic E-state index is 13.3. The molecule has 0 bridgehead atoms. The Kier molecular flexibility index (Phi) is 6.92. The number of hydrogen-bond acceptors (Lipinski definition) is 9. The highest BCUT2D eigenvalue weighted by Gasteiger charge is 2.31. The molecule has 13 nitrogen and oxygen atoms in total. The fourth-order valence-corrected chi connectivity index (χ4v) is 4.64. The SMILES string of the molecule is O=C(Nc1cnc(Oc2ccc(-c3cnn4ccc(N5CCC5)nc34)cc2)nc1)Nc1cc(C(F)(F)F)ccc1-n1nccn1. The van der Waals surface area contributed by atoms with Gasteiger partial charge in [0.15, 0.2) is 5.65 Å². The number of nitrogens with zero attached hydrogens (tertiary/aromatic N) is 9. The van der Waals surface area contributed by atoms with Crippen molar-refractivity contribution in [2.24, 2.45) is 0 Å². The van der Waals surface area contributed by atoms with Crippen molar-refractivity contribution in [1.29, 1.82) is 0 Å². The molecule has 0 saturated carbocycles. The number of carbonyl (C=O) groups excluding carboxylic acids is 1. The lowest BCUT2D eigenvalue weighted by Crippen LogP contribution is -2.37. The normalized spacial score (nSPS) is 13.0. The van der Waals surface area contributed by atoms with Crippen LogP contribution in [0.2, 0.25) is 0 Å². The van der Waals surface area contributed by atoms with E-state index < -0.39 is 17.8 Å². The van der Waals surface area contributed by atoms with Gasteiger partial charge in [0.1, 0.15) is 17.3 Å². The van der Waals surface area contributed by atoms with Crippen molar-refractivity contribution in [3.05, 3.63) is 91.3 Å². The number of hydrogen-bond donors (Lipinski definition) is 2. The van der Waals surface area contributed by atoms with E-state index >= 15 is 0 Å². The van der Waals surface area contributed by atoms with Gasteiger partial charge in [-0.2, -0.15) is 28.5 Å². The van der Waals surface area contributed by atoms with E-state index in [0.29, 0.717) is 5.75 Å². The van der Waals surface area contributed by atoms with E-state index in [4.69, 9.17) is 9.72 Å². The molecule has 226 valence electrons. The minimum atomic E-state index is -4.62. The number of halogens is 3. The van der Waals surface area contributed by atoms with Crippen LogP contribution in [0.1, 0.15) is 12.0 Å².